The molecule has 0 saturated carbocycles. The Morgan fingerprint density at radius 1 is 0.519 bits per heavy atom. The molecule has 8 atom stereocenters. The van der Waals surface area contributed by atoms with Crippen molar-refractivity contribution >= 4 is 5.97 Å². The Bertz CT molecular complexity index is 1700. The number of hydrogen-bond donors (Lipinski definition) is 0. The first-order valence-corrected chi connectivity index (χ1v) is 18.8. The van der Waals surface area contributed by atoms with Gasteiger partial charge in [-0.15, -0.1) is 0 Å². The van der Waals surface area contributed by atoms with Crippen LogP contribution in [-0.4, -0.2) is 42.6 Å². The highest BCUT2D eigenvalue weighted by molar-refractivity contribution is 5.76. The molecule has 2 fully saturated rings. The minimum Gasteiger partial charge on any atom is -0.486 e. The fourth-order valence-corrected chi connectivity index (χ4v) is 6.85. The predicted octanol–water partition coefficient (Wildman–Crippen LogP) is 9.84. The molecular formula is C45H52F2O7. The average Bonchev–Trinajstić information content (AvgIpc) is 3.21. The molecule has 4 aromatic carbocycles. The minimum absolute atomic E-state index is 0.0715. The molecule has 0 spiro atoms. The third-order valence-electron chi connectivity index (χ3n) is 9.95. The van der Waals surface area contributed by atoms with E-state index >= 15 is 0 Å². The fourth-order valence-electron chi connectivity index (χ4n) is 6.85. The van der Waals surface area contributed by atoms with Crippen LogP contribution in [0.2, 0.25) is 0 Å². The first-order chi connectivity index (χ1) is 26.3. The molecule has 0 bridgehead atoms. The number of benzene rings is 4. The zero-order valence-corrected chi connectivity index (χ0v) is 31.5. The van der Waals surface area contributed by atoms with E-state index in [1.54, 1.807) is 0 Å². The van der Waals surface area contributed by atoms with Crippen LogP contribution in [0.3, 0.4) is 0 Å². The molecule has 0 aromatic heterocycles. The molecule has 9 heteroatoms. The van der Waals surface area contributed by atoms with E-state index in [1.807, 2.05) is 142 Å². The third-order valence-corrected chi connectivity index (χ3v) is 9.95. The molecule has 2 saturated heterocycles. The highest BCUT2D eigenvalue weighted by Crippen LogP contribution is 2.37. The number of carbonyl (C=O) groups is 1. The molecule has 0 amide bonds. The van der Waals surface area contributed by atoms with Gasteiger partial charge in [0.2, 0.25) is 0 Å². The van der Waals surface area contributed by atoms with Gasteiger partial charge in [0.1, 0.15) is 24.4 Å². The van der Waals surface area contributed by atoms with Crippen molar-refractivity contribution in [2.24, 2.45) is 11.8 Å². The van der Waals surface area contributed by atoms with Gasteiger partial charge in [0.25, 0.3) is 0 Å². The Hall–Kier alpha value is -4.41. The van der Waals surface area contributed by atoms with Crippen LogP contribution in [0.4, 0.5) is 8.78 Å². The van der Waals surface area contributed by atoms with Crippen molar-refractivity contribution in [3.63, 3.8) is 0 Å². The second kappa shape index (κ2) is 20.9. The Labute approximate surface area is 318 Å². The van der Waals surface area contributed by atoms with Crippen molar-refractivity contribution in [1.82, 2.24) is 0 Å². The van der Waals surface area contributed by atoms with E-state index in [2.05, 4.69) is 6.92 Å². The molecule has 0 unspecified atom stereocenters. The van der Waals surface area contributed by atoms with Crippen LogP contribution in [0.15, 0.2) is 133 Å². The van der Waals surface area contributed by atoms with Crippen LogP contribution in [0.25, 0.3) is 0 Å². The van der Waals surface area contributed by atoms with E-state index in [1.165, 1.54) is 0 Å². The molecular weight excluding hydrogens is 690 g/mol. The summed E-state index contributed by atoms with van der Waals surface area (Å²) in [6.45, 7) is 9.33. The summed E-state index contributed by atoms with van der Waals surface area (Å²) in [5, 5.41) is 0. The van der Waals surface area contributed by atoms with Gasteiger partial charge < -0.3 is 28.4 Å². The van der Waals surface area contributed by atoms with Gasteiger partial charge in [-0.25, -0.2) is 4.79 Å². The molecule has 288 valence electrons. The maximum absolute atomic E-state index is 13.7. The number of halogens is 2. The SMILES string of the molecule is CC[C@H]1OC(=C(F)F)[C@H](OCc2ccccc2)[C@@H](OCc2ccccc2)[C@@H]1C.CC[C@H]1OC(=O)[C@H](OCc2ccccc2)[C@@H](OCc2ccccc2)[C@H]1C. The van der Waals surface area contributed by atoms with E-state index in [-0.39, 0.29) is 42.7 Å². The largest absolute Gasteiger partial charge is 0.486 e. The van der Waals surface area contributed by atoms with Gasteiger partial charge in [-0.05, 0) is 35.1 Å². The molecule has 6 rings (SSSR count). The predicted molar refractivity (Wildman–Crippen MR) is 203 cm³/mol. The zero-order chi connectivity index (χ0) is 38.3. The molecule has 2 aliphatic heterocycles. The van der Waals surface area contributed by atoms with Crippen LogP contribution in [0.5, 0.6) is 0 Å². The van der Waals surface area contributed by atoms with Crippen LogP contribution in [-0.2, 0) is 59.6 Å². The highest BCUT2D eigenvalue weighted by atomic mass is 19.3. The van der Waals surface area contributed by atoms with Crippen LogP contribution < -0.4 is 0 Å². The molecule has 4 aromatic rings. The van der Waals surface area contributed by atoms with Crippen molar-refractivity contribution in [3.8, 4) is 0 Å². The summed E-state index contributed by atoms with van der Waals surface area (Å²) in [5.41, 5.74) is 4.00. The van der Waals surface area contributed by atoms with Crippen molar-refractivity contribution in [3.05, 3.63) is 155 Å². The van der Waals surface area contributed by atoms with Crippen molar-refractivity contribution in [2.75, 3.05) is 0 Å². The van der Waals surface area contributed by atoms with Crippen molar-refractivity contribution in [2.45, 2.75) is 104 Å². The molecule has 0 N–H and O–H groups in total. The number of carbonyl (C=O) groups excluding carboxylic acids is 1. The van der Waals surface area contributed by atoms with Crippen LogP contribution in [0, 0.1) is 11.8 Å². The lowest BCUT2D eigenvalue weighted by Gasteiger charge is -2.42. The van der Waals surface area contributed by atoms with Crippen LogP contribution >= 0.6 is 0 Å². The Kier molecular flexibility index (Phi) is 15.8. The second-order valence-corrected chi connectivity index (χ2v) is 13.7. The van der Waals surface area contributed by atoms with E-state index in [0.717, 1.165) is 28.7 Å². The lowest BCUT2D eigenvalue weighted by molar-refractivity contribution is -0.207. The molecule has 2 aliphatic rings. The minimum atomic E-state index is -1.85. The molecule has 2 heterocycles. The van der Waals surface area contributed by atoms with Crippen molar-refractivity contribution in [1.29, 1.82) is 0 Å². The molecule has 0 aliphatic carbocycles. The Morgan fingerprint density at radius 3 is 1.22 bits per heavy atom. The van der Waals surface area contributed by atoms with Gasteiger partial charge in [0, 0.05) is 11.8 Å². The normalized spacial score (nSPS) is 25.1. The van der Waals surface area contributed by atoms with Crippen molar-refractivity contribution < 1.29 is 42.0 Å². The quantitative estimate of drug-likeness (QED) is 0.119. The first kappa shape index (κ1) is 40.8. The summed E-state index contributed by atoms with van der Waals surface area (Å²) >= 11 is 0. The summed E-state index contributed by atoms with van der Waals surface area (Å²) in [6, 6.07) is 39.0. The van der Waals surface area contributed by atoms with E-state index in [9.17, 15) is 13.6 Å². The number of rotatable bonds is 14. The standard InChI is InChI=1S/C23H26F2O3.C22H26O4/c1-3-19-16(2)20(26-14-17-10-6-4-7-11-17)21(22(28-19)23(24)25)27-15-18-12-8-5-9-13-18;1-3-19-16(2)20(24-14-17-10-6-4-7-11-17)21(22(23)26-19)25-15-18-12-8-5-9-13-18/h4-13,16,19-21H,3,14-15H2,1-2H3;4-13,16,19-21H,3,14-15H2,1-2H3/t16-,19-,20+,21-;16-,19+,20-,21+/m10/s1. The monoisotopic (exact) mass is 742 g/mol. The highest BCUT2D eigenvalue weighted by Gasteiger charge is 2.46. The van der Waals surface area contributed by atoms with Gasteiger partial charge in [-0.2, -0.15) is 8.78 Å². The third kappa shape index (κ3) is 11.3. The molecule has 0 radical (unpaired) electrons. The summed E-state index contributed by atoms with van der Waals surface area (Å²) in [5.74, 6) is -0.748. The maximum atomic E-state index is 13.7. The van der Waals surface area contributed by atoms with Gasteiger partial charge in [0.15, 0.2) is 11.9 Å². The van der Waals surface area contributed by atoms with E-state index in [0.29, 0.717) is 26.2 Å². The van der Waals surface area contributed by atoms with Gasteiger partial charge in [-0.3, -0.25) is 0 Å². The zero-order valence-electron chi connectivity index (χ0n) is 31.5. The number of hydrogen-bond acceptors (Lipinski definition) is 7. The number of esters is 1. The Balaban J connectivity index is 0.000000208. The van der Waals surface area contributed by atoms with Crippen LogP contribution in [0.1, 0.15) is 62.8 Å². The fraction of sp³-hybridized carbons (Fsp3) is 0.400. The molecule has 54 heavy (non-hydrogen) atoms. The van der Waals surface area contributed by atoms with Gasteiger partial charge >= 0.3 is 12.0 Å². The summed E-state index contributed by atoms with van der Waals surface area (Å²) < 4.78 is 62.7. The smallest absolute Gasteiger partial charge is 0.338 e. The van der Waals surface area contributed by atoms with E-state index in [4.69, 9.17) is 28.4 Å². The summed E-state index contributed by atoms with van der Waals surface area (Å²) in [6.07, 6.45) is -3.46. The number of cyclic esters (lactones) is 1. The van der Waals surface area contributed by atoms with Gasteiger partial charge in [0.05, 0.1) is 32.5 Å². The van der Waals surface area contributed by atoms with E-state index < -0.39 is 30.2 Å². The van der Waals surface area contributed by atoms with Gasteiger partial charge in [-0.1, -0.05) is 149 Å². The lowest BCUT2D eigenvalue weighted by Crippen LogP contribution is -2.53. The number of ether oxygens (including phenoxy) is 6. The first-order valence-electron chi connectivity index (χ1n) is 18.8. The Morgan fingerprint density at radius 2 is 0.852 bits per heavy atom. The lowest BCUT2D eigenvalue weighted by atomic mass is 9.88. The summed E-state index contributed by atoms with van der Waals surface area (Å²) in [4.78, 5) is 12.5. The topological polar surface area (TPSA) is 72.5 Å². The maximum Gasteiger partial charge on any atom is 0.338 e. The second-order valence-electron chi connectivity index (χ2n) is 13.7. The average molecular weight is 743 g/mol. The molecule has 7 nitrogen and oxygen atoms in total. The summed E-state index contributed by atoms with van der Waals surface area (Å²) in [7, 11) is 0.